The Labute approximate surface area is 133 Å². The van der Waals surface area contributed by atoms with Crippen molar-refractivity contribution in [2.24, 2.45) is 5.92 Å². The molecule has 0 saturated heterocycles. The monoisotopic (exact) mass is 307 g/mol. The number of nitriles is 1. The zero-order chi connectivity index (χ0) is 16.2. The summed E-state index contributed by atoms with van der Waals surface area (Å²) in [5.41, 5.74) is -0.736. The van der Waals surface area contributed by atoms with Crippen LogP contribution in [0, 0.1) is 17.2 Å². The predicted molar refractivity (Wildman–Crippen MR) is 85.0 cm³/mol. The zero-order valence-corrected chi connectivity index (χ0v) is 13.8. The van der Waals surface area contributed by atoms with Crippen molar-refractivity contribution in [1.82, 2.24) is 10.2 Å². The molecule has 124 valence electrons. The summed E-state index contributed by atoms with van der Waals surface area (Å²) >= 11 is 0. The SMILES string of the molecule is CC(O)CN(CC(=O)NC(C)(C#N)C1CC1)C1CCCCC1. The number of hydrogen-bond acceptors (Lipinski definition) is 4. The van der Waals surface area contributed by atoms with E-state index in [4.69, 9.17) is 0 Å². The fraction of sp³-hybridized carbons (Fsp3) is 0.882. The van der Waals surface area contributed by atoms with Gasteiger partial charge in [0.15, 0.2) is 0 Å². The second kappa shape index (κ2) is 7.43. The largest absolute Gasteiger partial charge is 0.392 e. The van der Waals surface area contributed by atoms with E-state index in [1.165, 1.54) is 19.3 Å². The normalized spacial score (nSPS) is 23.6. The van der Waals surface area contributed by atoms with E-state index < -0.39 is 11.6 Å². The summed E-state index contributed by atoms with van der Waals surface area (Å²) in [6.07, 6.45) is 7.44. The van der Waals surface area contributed by atoms with Crippen LogP contribution in [-0.4, -0.2) is 46.7 Å². The van der Waals surface area contributed by atoms with Gasteiger partial charge < -0.3 is 10.4 Å². The third-order valence-electron chi connectivity index (χ3n) is 4.96. The standard InChI is InChI=1S/C17H29N3O2/c1-13(21)10-20(15-6-4-3-5-7-15)11-16(22)19-17(2,12-18)14-8-9-14/h13-15,21H,3-11H2,1-2H3,(H,19,22). The smallest absolute Gasteiger partial charge is 0.235 e. The van der Waals surface area contributed by atoms with Gasteiger partial charge in [0.1, 0.15) is 5.54 Å². The molecule has 2 unspecified atom stereocenters. The highest BCUT2D eigenvalue weighted by molar-refractivity contribution is 5.79. The summed E-state index contributed by atoms with van der Waals surface area (Å²) in [7, 11) is 0. The van der Waals surface area contributed by atoms with Crippen molar-refractivity contribution in [3.63, 3.8) is 0 Å². The molecule has 2 atom stereocenters. The molecule has 2 N–H and O–H groups in total. The number of nitrogens with zero attached hydrogens (tertiary/aromatic N) is 2. The number of nitrogens with one attached hydrogen (secondary N) is 1. The van der Waals surface area contributed by atoms with Gasteiger partial charge >= 0.3 is 0 Å². The molecule has 2 rings (SSSR count). The minimum absolute atomic E-state index is 0.0952. The first-order valence-electron chi connectivity index (χ1n) is 8.59. The summed E-state index contributed by atoms with van der Waals surface area (Å²) in [5, 5.41) is 22.0. The number of amides is 1. The van der Waals surface area contributed by atoms with Crippen molar-refractivity contribution in [3.05, 3.63) is 0 Å². The molecule has 0 aromatic carbocycles. The summed E-state index contributed by atoms with van der Waals surface area (Å²) in [6, 6.07) is 2.64. The van der Waals surface area contributed by atoms with E-state index in [1.54, 1.807) is 6.92 Å². The first-order valence-corrected chi connectivity index (χ1v) is 8.59. The molecule has 0 spiro atoms. The molecule has 2 fully saturated rings. The molecule has 5 nitrogen and oxygen atoms in total. The van der Waals surface area contributed by atoms with Gasteiger partial charge in [-0.25, -0.2) is 0 Å². The van der Waals surface area contributed by atoms with E-state index in [-0.39, 0.29) is 12.5 Å². The minimum Gasteiger partial charge on any atom is -0.392 e. The second-order valence-corrected chi connectivity index (χ2v) is 7.21. The van der Waals surface area contributed by atoms with Crippen LogP contribution in [0.1, 0.15) is 58.8 Å². The average molecular weight is 307 g/mol. The lowest BCUT2D eigenvalue weighted by Crippen LogP contribution is -2.52. The van der Waals surface area contributed by atoms with Crippen molar-refractivity contribution in [3.8, 4) is 6.07 Å². The first kappa shape index (κ1) is 17.2. The Bertz CT molecular complexity index is 422. The van der Waals surface area contributed by atoms with Gasteiger partial charge in [-0.05, 0) is 45.4 Å². The van der Waals surface area contributed by atoms with Crippen LogP contribution in [0.15, 0.2) is 0 Å². The van der Waals surface area contributed by atoms with E-state index in [0.29, 0.717) is 18.5 Å². The molecule has 0 heterocycles. The van der Waals surface area contributed by atoms with Crippen molar-refractivity contribution in [2.45, 2.75) is 76.5 Å². The highest BCUT2D eigenvalue weighted by Crippen LogP contribution is 2.39. The maximum Gasteiger partial charge on any atom is 0.235 e. The minimum atomic E-state index is -0.736. The maximum atomic E-state index is 12.4. The van der Waals surface area contributed by atoms with Gasteiger partial charge in [0, 0.05) is 12.6 Å². The van der Waals surface area contributed by atoms with Crippen LogP contribution in [0.5, 0.6) is 0 Å². The van der Waals surface area contributed by atoms with Gasteiger partial charge in [0.05, 0.1) is 18.7 Å². The van der Waals surface area contributed by atoms with Gasteiger partial charge in [-0.15, -0.1) is 0 Å². The first-order chi connectivity index (χ1) is 10.4. The van der Waals surface area contributed by atoms with Crippen LogP contribution >= 0.6 is 0 Å². The highest BCUT2D eigenvalue weighted by atomic mass is 16.3. The number of carbonyl (C=O) groups excluding carboxylic acids is 1. The van der Waals surface area contributed by atoms with E-state index in [2.05, 4.69) is 16.3 Å². The Morgan fingerprint density at radius 1 is 1.36 bits per heavy atom. The van der Waals surface area contributed by atoms with Crippen molar-refractivity contribution >= 4 is 5.91 Å². The third kappa shape index (κ3) is 4.69. The molecular formula is C17H29N3O2. The van der Waals surface area contributed by atoms with Crippen LogP contribution in [0.25, 0.3) is 0 Å². The molecule has 0 aromatic rings. The Kier molecular flexibility index (Phi) is 5.82. The lowest BCUT2D eigenvalue weighted by atomic mass is 9.93. The van der Waals surface area contributed by atoms with Crippen LogP contribution in [0.2, 0.25) is 0 Å². The molecule has 0 radical (unpaired) electrons. The van der Waals surface area contributed by atoms with Gasteiger partial charge in [0.2, 0.25) is 5.91 Å². The number of aliphatic hydroxyl groups excluding tert-OH is 1. The molecule has 5 heteroatoms. The molecule has 0 aliphatic heterocycles. The van der Waals surface area contributed by atoms with E-state index in [1.807, 2.05) is 6.92 Å². The van der Waals surface area contributed by atoms with Crippen molar-refractivity contribution < 1.29 is 9.90 Å². The quantitative estimate of drug-likeness (QED) is 0.752. The van der Waals surface area contributed by atoms with Crippen molar-refractivity contribution in [2.75, 3.05) is 13.1 Å². The summed E-state index contributed by atoms with van der Waals surface area (Å²) < 4.78 is 0. The fourth-order valence-electron chi connectivity index (χ4n) is 3.52. The molecule has 0 bridgehead atoms. The number of aliphatic hydroxyl groups is 1. The number of carbonyl (C=O) groups is 1. The number of hydrogen-bond donors (Lipinski definition) is 2. The third-order valence-corrected chi connectivity index (χ3v) is 4.96. The Morgan fingerprint density at radius 3 is 2.50 bits per heavy atom. The Morgan fingerprint density at radius 2 is 2.00 bits per heavy atom. The topological polar surface area (TPSA) is 76.4 Å². The molecule has 2 aliphatic carbocycles. The lowest BCUT2D eigenvalue weighted by Gasteiger charge is -2.35. The van der Waals surface area contributed by atoms with Gasteiger partial charge in [-0.1, -0.05) is 19.3 Å². The molecule has 2 aliphatic rings. The predicted octanol–water partition coefficient (Wildman–Crippen LogP) is 1.81. The van der Waals surface area contributed by atoms with Crippen LogP contribution in [-0.2, 0) is 4.79 Å². The summed E-state index contributed by atoms with van der Waals surface area (Å²) in [6.45, 7) is 4.38. The average Bonchev–Trinajstić information content (AvgIpc) is 3.32. The van der Waals surface area contributed by atoms with E-state index in [0.717, 1.165) is 25.7 Å². The molecule has 1 amide bonds. The Balaban J connectivity index is 1.93. The van der Waals surface area contributed by atoms with E-state index >= 15 is 0 Å². The van der Waals surface area contributed by atoms with Gasteiger partial charge in [0.25, 0.3) is 0 Å². The summed E-state index contributed by atoms with van der Waals surface area (Å²) in [5.74, 6) is 0.198. The maximum absolute atomic E-state index is 12.4. The van der Waals surface area contributed by atoms with Crippen LogP contribution in [0.3, 0.4) is 0 Å². The second-order valence-electron chi connectivity index (χ2n) is 7.21. The van der Waals surface area contributed by atoms with Crippen molar-refractivity contribution in [1.29, 1.82) is 5.26 Å². The number of rotatable bonds is 7. The Hall–Kier alpha value is -1.12. The fourth-order valence-corrected chi connectivity index (χ4v) is 3.52. The van der Waals surface area contributed by atoms with Gasteiger partial charge in [-0.3, -0.25) is 9.69 Å². The lowest BCUT2D eigenvalue weighted by molar-refractivity contribution is -0.124. The summed E-state index contributed by atoms with van der Waals surface area (Å²) in [4.78, 5) is 14.5. The van der Waals surface area contributed by atoms with E-state index in [9.17, 15) is 15.2 Å². The highest BCUT2D eigenvalue weighted by Gasteiger charge is 2.43. The molecule has 2 saturated carbocycles. The van der Waals surface area contributed by atoms with Crippen LogP contribution < -0.4 is 5.32 Å². The van der Waals surface area contributed by atoms with Crippen LogP contribution in [0.4, 0.5) is 0 Å². The molecular weight excluding hydrogens is 278 g/mol. The molecule has 0 aromatic heterocycles. The van der Waals surface area contributed by atoms with Gasteiger partial charge in [-0.2, -0.15) is 5.26 Å². The zero-order valence-electron chi connectivity index (χ0n) is 13.8. The molecule has 22 heavy (non-hydrogen) atoms.